The van der Waals surface area contributed by atoms with Gasteiger partial charge in [0.1, 0.15) is 0 Å². The maximum absolute atomic E-state index is 10.0. The van der Waals surface area contributed by atoms with Crippen molar-refractivity contribution in [2.45, 2.75) is 52.2 Å². The number of hydrogen-bond donors (Lipinski definition) is 2. The Morgan fingerprint density at radius 1 is 1.15 bits per heavy atom. The fourth-order valence-electron chi connectivity index (χ4n) is 3.48. The monoisotopic (exact) mass is 184 g/mol. The van der Waals surface area contributed by atoms with Gasteiger partial charge in [-0.2, -0.15) is 0 Å². The molecule has 2 aliphatic rings. The van der Waals surface area contributed by atoms with E-state index in [9.17, 15) is 10.2 Å². The van der Waals surface area contributed by atoms with Crippen LogP contribution in [0.15, 0.2) is 0 Å². The Hall–Kier alpha value is -0.0800. The summed E-state index contributed by atoms with van der Waals surface area (Å²) in [6.07, 6.45) is 2.09. The fraction of sp³-hybridized carbons (Fsp3) is 1.00. The number of rotatable bonds is 0. The quantitative estimate of drug-likeness (QED) is 0.599. The van der Waals surface area contributed by atoms with E-state index in [0.29, 0.717) is 12.3 Å². The summed E-state index contributed by atoms with van der Waals surface area (Å²) in [4.78, 5) is 0. The average Bonchev–Trinajstić information content (AvgIpc) is 2.16. The molecule has 13 heavy (non-hydrogen) atoms. The Kier molecular flexibility index (Phi) is 1.81. The second-order valence-corrected chi connectivity index (χ2v) is 5.60. The molecule has 0 aromatic heterocycles. The minimum absolute atomic E-state index is 0.0247. The Bertz CT molecular complexity index is 224. The highest BCUT2D eigenvalue weighted by molar-refractivity contribution is 5.09. The van der Waals surface area contributed by atoms with Crippen LogP contribution in [0.2, 0.25) is 0 Å². The zero-order chi connectivity index (χ0) is 9.85. The van der Waals surface area contributed by atoms with E-state index in [2.05, 4.69) is 20.8 Å². The lowest BCUT2D eigenvalue weighted by Gasteiger charge is -2.50. The van der Waals surface area contributed by atoms with E-state index in [1.165, 1.54) is 0 Å². The Labute approximate surface area is 80.0 Å². The third kappa shape index (κ3) is 0.962. The van der Waals surface area contributed by atoms with Crippen LogP contribution in [0.3, 0.4) is 0 Å². The van der Waals surface area contributed by atoms with Crippen LogP contribution in [0.25, 0.3) is 0 Å². The number of aliphatic hydroxyl groups is 2. The number of aliphatic hydroxyl groups excluding tert-OH is 2. The van der Waals surface area contributed by atoms with Gasteiger partial charge in [0.2, 0.25) is 0 Å². The van der Waals surface area contributed by atoms with Gasteiger partial charge in [0.15, 0.2) is 0 Å². The molecule has 76 valence electrons. The van der Waals surface area contributed by atoms with Crippen LogP contribution in [0.4, 0.5) is 0 Å². The maximum atomic E-state index is 10.0. The second-order valence-electron chi connectivity index (χ2n) is 5.60. The van der Waals surface area contributed by atoms with Gasteiger partial charge in [0, 0.05) is 6.42 Å². The first-order chi connectivity index (χ1) is 5.89. The molecular weight excluding hydrogens is 164 g/mol. The third-order valence-electron chi connectivity index (χ3n) is 5.04. The van der Waals surface area contributed by atoms with E-state index in [1.807, 2.05) is 0 Å². The normalized spacial score (nSPS) is 53.8. The summed E-state index contributed by atoms with van der Waals surface area (Å²) < 4.78 is 0. The minimum Gasteiger partial charge on any atom is -0.393 e. The molecule has 0 aliphatic heterocycles. The standard InChI is InChI=1S/C11H20O2/c1-10(2)7-4-5-11(10,3)9(13)6-8(7)12/h7-9,12-13H,4-6H2,1-3H3/t7-,8+,9-,11+/m1/s1. The Morgan fingerprint density at radius 2 is 1.77 bits per heavy atom. The lowest BCUT2D eigenvalue weighted by Crippen LogP contribution is -2.52. The van der Waals surface area contributed by atoms with Crippen molar-refractivity contribution in [2.75, 3.05) is 0 Å². The summed E-state index contributed by atoms with van der Waals surface area (Å²) in [5.74, 6) is 0.390. The van der Waals surface area contributed by atoms with Crippen LogP contribution in [-0.2, 0) is 0 Å². The summed E-state index contributed by atoms with van der Waals surface area (Å²) in [6, 6.07) is 0. The van der Waals surface area contributed by atoms with Gasteiger partial charge >= 0.3 is 0 Å². The SMILES string of the molecule is CC1(C)[C@@H]2CC[C@@]1(C)[C@H](O)C[C@@H]2O. The van der Waals surface area contributed by atoms with Crippen LogP contribution in [0.5, 0.6) is 0 Å². The smallest absolute Gasteiger partial charge is 0.0623 e. The molecule has 2 aliphatic carbocycles. The van der Waals surface area contributed by atoms with E-state index in [0.717, 1.165) is 12.8 Å². The van der Waals surface area contributed by atoms with Crippen molar-refractivity contribution in [1.82, 2.24) is 0 Å². The largest absolute Gasteiger partial charge is 0.393 e. The molecule has 0 heterocycles. The third-order valence-corrected chi connectivity index (χ3v) is 5.04. The molecule has 0 aromatic carbocycles. The highest BCUT2D eigenvalue weighted by Crippen LogP contribution is 2.62. The van der Waals surface area contributed by atoms with Crippen molar-refractivity contribution < 1.29 is 10.2 Å². The van der Waals surface area contributed by atoms with Crippen molar-refractivity contribution >= 4 is 0 Å². The van der Waals surface area contributed by atoms with Crippen LogP contribution in [0.1, 0.15) is 40.0 Å². The van der Waals surface area contributed by atoms with Crippen molar-refractivity contribution in [1.29, 1.82) is 0 Å². The van der Waals surface area contributed by atoms with Crippen molar-refractivity contribution in [3.63, 3.8) is 0 Å². The minimum atomic E-state index is -0.323. The zero-order valence-electron chi connectivity index (χ0n) is 8.75. The van der Waals surface area contributed by atoms with Gasteiger partial charge < -0.3 is 10.2 Å². The molecule has 2 rings (SSSR count). The first-order valence-electron chi connectivity index (χ1n) is 5.26. The molecule has 2 bridgehead atoms. The molecule has 4 atom stereocenters. The molecule has 0 amide bonds. The Balaban J connectivity index is 2.39. The molecule has 2 saturated carbocycles. The fourth-order valence-corrected chi connectivity index (χ4v) is 3.48. The molecule has 0 unspecified atom stereocenters. The van der Waals surface area contributed by atoms with E-state index >= 15 is 0 Å². The van der Waals surface area contributed by atoms with Gasteiger partial charge in [0.05, 0.1) is 12.2 Å². The zero-order valence-corrected chi connectivity index (χ0v) is 8.75. The van der Waals surface area contributed by atoms with Crippen LogP contribution >= 0.6 is 0 Å². The molecule has 2 heteroatoms. The summed E-state index contributed by atoms with van der Waals surface area (Å²) in [5.41, 5.74) is 0.112. The van der Waals surface area contributed by atoms with E-state index in [-0.39, 0.29) is 23.0 Å². The Morgan fingerprint density at radius 3 is 2.38 bits per heavy atom. The predicted octanol–water partition coefficient (Wildman–Crippen LogP) is 1.55. The molecule has 0 radical (unpaired) electrons. The molecule has 2 N–H and O–H groups in total. The summed E-state index contributed by atoms with van der Waals surface area (Å²) in [5, 5.41) is 19.9. The average molecular weight is 184 g/mol. The van der Waals surface area contributed by atoms with Crippen LogP contribution in [-0.4, -0.2) is 22.4 Å². The van der Waals surface area contributed by atoms with Crippen molar-refractivity contribution in [2.24, 2.45) is 16.7 Å². The summed E-state index contributed by atoms with van der Waals surface area (Å²) in [7, 11) is 0. The lowest BCUT2D eigenvalue weighted by molar-refractivity contribution is -0.126. The summed E-state index contributed by atoms with van der Waals surface area (Å²) in [6.45, 7) is 6.55. The van der Waals surface area contributed by atoms with Gasteiger partial charge in [-0.3, -0.25) is 0 Å². The number of fused-ring (bicyclic) bond motifs is 2. The van der Waals surface area contributed by atoms with E-state index < -0.39 is 0 Å². The molecule has 0 saturated heterocycles. The molecule has 2 fully saturated rings. The molecule has 2 nitrogen and oxygen atoms in total. The van der Waals surface area contributed by atoms with Gasteiger partial charge in [-0.25, -0.2) is 0 Å². The van der Waals surface area contributed by atoms with Gasteiger partial charge in [-0.15, -0.1) is 0 Å². The first kappa shape index (κ1) is 9.47. The second kappa shape index (κ2) is 2.48. The number of hydrogen-bond acceptors (Lipinski definition) is 2. The van der Waals surface area contributed by atoms with Crippen LogP contribution < -0.4 is 0 Å². The maximum Gasteiger partial charge on any atom is 0.0623 e. The highest BCUT2D eigenvalue weighted by atomic mass is 16.3. The van der Waals surface area contributed by atoms with Gasteiger partial charge in [-0.05, 0) is 29.6 Å². The van der Waals surface area contributed by atoms with E-state index in [4.69, 9.17) is 0 Å². The topological polar surface area (TPSA) is 40.5 Å². The van der Waals surface area contributed by atoms with Crippen LogP contribution in [0, 0.1) is 16.7 Å². The highest BCUT2D eigenvalue weighted by Gasteiger charge is 2.60. The van der Waals surface area contributed by atoms with Gasteiger partial charge in [-0.1, -0.05) is 20.8 Å². The lowest BCUT2D eigenvalue weighted by atomic mass is 9.57. The van der Waals surface area contributed by atoms with Crippen molar-refractivity contribution in [3.05, 3.63) is 0 Å². The molecule has 0 aromatic rings. The predicted molar refractivity (Wildman–Crippen MR) is 51.2 cm³/mol. The van der Waals surface area contributed by atoms with Crippen molar-refractivity contribution in [3.8, 4) is 0 Å². The first-order valence-corrected chi connectivity index (χ1v) is 5.26. The van der Waals surface area contributed by atoms with Gasteiger partial charge in [0.25, 0.3) is 0 Å². The molecular formula is C11H20O2. The summed E-state index contributed by atoms with van der Waals surface area (Å²) >= 11 is 0. The molecule has 0 spiro atoms. The van der Waals surface area contributed by atoms with E-state index in [1.54, 1.807) is 0 Å².